The summed E-state index contributed by atoms with van der Waals surface area (Å²) in [5.41, 5.74) is 5.31. The molecule has 1 aliphatic rings. The third-order valence-corrected chi connectivity index (χ3v) is 3.32. The molecule has 1 N–H and O–H groups in total. The molecule has 0 saturated heterocycles. The van der Waals surface area contributed by atoms with Crippen molar-refractivity contribution < 1.29 is 4.74 Å². The van der Waals surface area contributed by atoms with E-state index < -0.39 is 0 Å². The van der Waals surface area contributed by atoms with Crippen LogP contribution in [0.15, 0.2) is 42.5 Å². The first kappa shape index (κ1) is 11.3. The average molecular weight is 239 g/mol. The minimum atomic E-state index is 0.706. The lowest BCUT2D eigenvalue weighted by atomic mass is 10.0. The van der Waals surface area contributed by atoms with Crippen molar-refractivity contribution in [3.63, 3.8) is 0 Å². The Kier molecular flexibility index (Phi) is 3.03. The van der Waals surface area contributed by atoms with Crippen molar-refractivity contribution in [3.8, 4) is 16.9 Å². The van der Waals surface area contributed by atoms with Gasteiger partial charge < -0.3 is 10.1 Å². The van der Waals surface area contributed by atoms with E-state index in [0.29, 0.717) is 6.61 Å². The van der Waals surface area contributed by atoms with Crippen LogP contribution in [0, 0.1) is 0 Å². The number of fused-ring (bicyclic) bond motifs is 1. The smallest absolute Gasteiger partial charge is 0.119 e. The van der Waals surface area contributed by atoms with Crippen LogP contribution in [0.3, 0.4) is 0 Å². The van der Waals surface area contributed by atoms with Gasteiger partial charge in [-0.25, -0.2) is 0 Å². The van der Waals surface area contributed by atoms with Crippen molar-refractivity contribution in [2.24, 2.45) is 0 Å². The second kappa shape index (κ2) is 4.83. The largest absolute Gasteiger partial charge is 0.494 e. The SMILES string of the molecule is CCOc1cccc(-c2ccc3c(c2)CNC3)c1. The summed E-state index contributed by atoms with van der Waals surface area (Å²) in [5.74, 6) is 0.939. The van der Waals surface area contributed by atoms with Crippen LogP contribution in [-0.2, 0) is 13.1 Å². The molecule has 92 valence electrons. The summed E-state index contributed by atoms with van der Waals surface area (Å²) in [5, 5.41) is 3.37. The highest BCUT2D eigenvalue weighted by atomic mass is 16.5. The van der Waals surface area contributed by atoms with Crippen molar-refractivity contribution in [2.45, 2.75) is 20.0 Å². The molecule has 0 atom stereocenters. The third kappa shape index (κ3) is 2.12. The second-order valence-corrected chi connectivity index (χ2v) is 4.55. The number of rotatable bonds is 3. The van der Waals surface area contributed by atoms with Gasteiger partial charge >= 0.3 is 0 Å². The van der Waals surface area contributed by atoms with Gasteiger partial charge in [0.1, 0.15) is 5.75 Å². The number of nitrogens with one attached hydrogen (secondary N) is 1. The van der Waals surface area contributed by atoms with Gasteiger partial charge in [-0.2, -0.15) is 0 Å². The Bertz CT molecular complexity index is 563. The van der Waals surface area contributed by atoms with Crippen LogP contribution in [0.25, 0.3) is 11.1 Å². The number of hydrogen-bond acceptors (Lipinski definition) is 2. The molecule has 2 nitrogen and oxygen atoms in total. The maximum Gasteiger partial charge on any atom is 0.119 e. The van der Waals surface area contributed by atoms with Crippen LogP contribution < -0.4 is 10.1 Å². The van der Waals surface area contributed by atoms with Crippen LogP contribution in [-0.4, -0.2) is 6.61 Å². The normalized spacial score (nSPS) is 13.4. The Morgan fingerprint density at radius 2 is 1.83 bits per heavy atom. The van der Waals surface area contributed by atoms with Crippen molar-refractivity contribution in [1.29, 1.82) is 0 Å². The van der Waals surface area contributed by atoms with Crippen LogP contribution in [0.2, 0.25) is 0 Å². The zero-order valence-electron chi connectivity index (χ0n) is 10.6. The summed E-state index contributed by atoms with van der Waals surface area (Å²) in [6.07, 6.45) is 0. The van der Waals surface area contributed by atoms with E-state index in [1.54, 1.807) is 0 Å². The molecule has 0 radical (unpaired) electrons. The van der Waals surface area contributed by atoms with Crippen molar-refractivity contribution >= 4 is 0 Å². The molecule has 0 amide bonds. The van der Waals surface area contributed by atoms with E-state index in [4.69, 9.17) is 4.74 Å². The van der Waals surface area contributed by atoms with Gasteiger partial charge in [0.25, 0.3) is 0 Å². The van der Waals surface area contributed by atoms with E-state index in [2.05, 4.69) is 35.6 Å². The number of ether oxygens (including phenoxy) is 1. The Hall–Kier alpha value is -1.80. The average Bonchev–Trinajstić information content (AvgIpc) is 2.86. The standard InChI is InChI=1S/C16H17NO/c1-2-18-16-5-3-4-12(9-16)13-6-7-14-10-17-11-15(14)8-13/h3-9,17H,2,10-11H2,1H3. The molecule has 0 aromatic heterocycles. The first-order valence-electron chi connectivity index (χ1n) is 6.42. The predicted octanol–water partition coefficient (Wildman–Crippen LogP) is 3.36. The van der Waals surface area contributed by atoms with Gasteiger partial charge in [0.05, 0.1) is 6.61 Å². The highest BCUT2D eigenvalue weighted by molar-refractivity contribution is 5.66. The van der Waals surface area contributed by atoms with E-state index >= 15 is 0 Å². The molecule has 2 aromatic carbocycles. The molecular weight excluding hydrogens is 222 g/mol. The molecule has 3 rings (SSSR count). The van der Waals surface area contributed by atoms with Crippen molar-refractivity contribution in [3.05, 3.63) is 53.6 Å². The summed E-state index contributed by atoms with van der Waals surface area (Å²) in [6, 6.07) is 15.0. The topological polar surface area (TPSA) is 21.3 Å². The lowest BCUT2D eigenvalue weighted by Crippen LogP contribution is -1.99. The van der Waals surface area contributed by atoms with E-state index in [0.717, 1.165) is 18.8 Å². The fourth-order valence-corrected chi connectivity index (χ4v) is 2.41. The monoisotopic (exact) mass is 239 g/mol. The minimum absolute atomic E-state index is 0.706. The Balaban J connectivity index is 1.96. The van der Waals surface area contributed by atoms with Crippen molar-refractivity contribution in [1.82, 2.24) is 5.32 Å². The molecule has 0 saturated carbocycles. The molecule has 0 aliphatic carbocycles. The second-order valence-electron chi connectivity index (χ2n) is 4.55. The third-order valence-electron chi connectivity index (χ3n) is 3.32. The van der Waals surface area contributed by atoms with E-state index in [9.17, 15) is 0 Å². The summed E-state index contributed by atoms with van der Waals surface area (Å²) < 4.78 is 5.55. The molecule has 0 spiro atoms. The Morgan fingerprint density at radius 1 is 1.00 bits per heavy atom. The van der Waals surface area contributed by atoms with Crippen LogP contribution in [0.4, 0.5) is 0 Å². The van der Waals surface area contributed by atoms with Gasteiger partial charge in [0.15, 0.2) is 0 Å². The fraction of sp³-hybridized carbons (Fsp3) is 0.250. The highest BCUT2D eigenvalue weighted by Crippen LogP contribution is 2.27. The maximum atomic E-state index is 5.55. The number of benzene rings is 2. The summed E-state index contributed by atoms with van der Waals surface area (Å²) in [6.45, 7) is 4.69. The molecule has 2 aromatic rings. The molecule has 0 unspecified atom stereocenters. The molecule has 2 heteroatoms. The molecule has 1 heterocycles. The summed E-state index contributed by atoms with van der Waals surface area (Å²) in [4.78, 5) is 0. The van der Waals surface area contributed by atoms with E-state index in [1.807, 2.05) is 19.1 Å². The molecular formula is C16H17NO. The van der Waals surface area contributed by atoms with E-state index in [-0.39, 0.29) is 0 Å². The Morgan fingerprint density at radius 3 is 2.72 bits per heavy atom. The molecule has 0 bridgehead atoms. The quantitative estimate of drug-likeness (QED) is 0.886. The Labute approximate surface area is 108 Å². The van der Waals surface area contributed by atoms with Gasteiger partial charge in [-0.3, -0.25) is 0 Å². The zero-order chi connectivity index (χ0) is 12.4. The predicted molar refractivity (Wildman–Crippen MR) is 73.6 cm³/mol. The van der Waals surface area contributed by atoms with Crippen LogP contribution in [0.5, 0.6) is 5.75 Å². The van der Waals surface area contributed by atoms with Gasteiger partial charge in [-0.15, -0.1) is 0 Å². The highest BCUT2D eigenvalue weighted by Gasteiger charge is 2.10. The van der Waals surface area contributed by atoms with Crippen LogP contribution in [0.1, 0.15) is 18.1 Å². The molecule has 18 heavy (non-hydrogen) atoms. The van der Waals surface area contributed by atoms with Crippen LogP contribution >= 0.6 is 0 Å². The maximum absolute atomic E-state index is 5.55. The van der Waals surface area contributed by atoms with Gasteiger partial charge in [0.2, 0.25) is 0 Å². The molecule has 0 fully saturated rings. The van der Waals surface area contributed by atoms with Gasteiger partial charge in [-0.1, -0.05) is 24.3 Å². The number of hydrogen-bond donors (Lipinski definition) is 1. The minimum Gasteiger partial charge on any atom is -0.494 e. The van der Waals surface area contributed by atoms with Gasteiger partial charge in [0, 0.05) is 13.1 Å². The summed E-state index contributed by atoms with van der Waals surface area (Å²) >= 11 is 0. The first-order chi connectivity index (χ1) is 8.86. The van der Waals surface area contributed by atoms with Gasteiger partial charge in [-0.05, 0) is 47.4 Å². The molecule has 1 aliphatic heterocycles. The lowest BCUT2D eigenvalue weighted by Gasteiger charge is -2.07. The van der Waals surface area contributed by atoms with E-state index in [1.165, 1.54) is 22.3 Å². The first-order valence-corrected chi connectivity index (χ1v) is 6.42. The fourth-order valence-electron chi connectivity index (χ4n) is 2.41. The summed E-state index contributed by atoms with van der Waals surface area (Å²) in [7, 11) is 0. The van der Waals surface area contributed by atoms with Crippen molar-refractivity contribution in [2.75, 3.05) is 6.61 Å². The lowest BCUT2D eigenvalue weighted by molar-refractivity contribution is 0.340. The zero-order valence-corrected chi connectivity index (χ0v) is 10.6.